The molecule has 2 aliphatic rings. The summed E-state index contributed by atoms with van der Waals surface area (Å²) < 4.78 is 5.05. The minimum atomic E-state index is -0.380. The van der Waals surface area contributed by atoms with Gasteiger partial charge in [-0.25, -0.2) is 9.59 Å². The summed E-state index contributed by atoms with van der Waals surface area (Å²) in [6.07, 6.45) is 1.01. The third kappa shape index (κ3) is 4.18. The van der Waals surface area contributed by atoms with Crippen molar-refractivity contribution < 1.29 is 14.3 Å². The molecule has 4 N–H and O–H groups in total. The minimum absolute atomic E-state index is 0.137. The molecule has 1 fully saturated rings. The van der Waals surface area contributed by atoms with Crippen LogP contribution in [0.4, 0.5) is 4.79 Å². The number of piperidine rings is 1. The summed E-state index contributed by atoms with van der Waals surface area (Å²) in [7, 11) is 0. The second kappa shape index (κ2) is 6.91. The Hall–Kier alpha value is -1.60. The van der Waals surface area contributed by atoms with Gasteiger partial charge in [0.1, 0.15) is 0 Å². The second-order valence-corrected chi connectivity index (χ2v) is 5.78. The summed E-state index contributed by atoms with van der Waals surface area (Å²) in [5, 5.41) is 5.33. The predicted octanol–water partition coefficient (Wildman–Crippen LogP) is -0.214. The van der Waals surface area contributed by atoms with Gasteiger partial charge in [0, 0.05) is 31.4 Å². The molecule has 118 valence electrons. The van der Waals surface area contributed by atoms with Gasteiger partial charge in [-0.3, -0.25) is 4.90 Å². The fourth-order valence-electron chi connectivity index (χ4n) is 2.95. The van der Waals surface area contributed by atoms with E-state index in [0.717, 1.165) is 19.5 Å². The lowest BCUT2D eigenvalue weighted by Crippen LogP contribution is -2.51. The van der Waals surface area contributed by atoms with Gasteiger partial charge < -0.3 is 21.1 Å². The number of carbonyl (C=O) groups is 2. The maximum absolute atomic E-state index is 12.0. The Bertz CT molecular complexity index is 440. The highest BCUT2D eigenvalue weighted by molar-refractivity contribution is 5.93. The SMILES string of the molecule is CCOC(=O)C1=C(CN2CC(C)CC(N)C2)NC(=O)NC1. The van der Waals surface area contributed by atoms with Crippen LogP contribution in [0.2, 0.25) is 0 Å². The number of hydrogen-bond donors (Lipinski definition) is 3. The lowest BCUT2D eigenvalue weighted by molar-refractivity contribution is -0.138. The average Bonchev–Trinajstić information content (AvgIpc) is 2.37. The van der Waals surface area contributed by atoms with Gasteiger partial charge in [-0.05, 0) is 19.3 Å². The van der Waals surface area contributed by atoms with Crippen LogP contribution >= 0.6 is 0 Å². The van der Waals surface area contributed by atoms with Gasteiger partial charge in [0.25, 0.3) is 0 Å². The zero-order valence-corrected chi connectivity index (χ0v) is 12.6. The van der Waals surface area contributed by atoms with Gasteiger partial charge in [-0.1, -0.05) is 6.92 Å². The zero-order valence-electron chi connectivity index (χ0n) is 12.6. The molecule has 0 radical (unpaired) electrons. The quantitative estimate of drug-likeness (QED) is 0.624. The summed E-state index contributed by atoms with van der Waals surface area (Å²) in [6.45, 7) is 6.64. The minimum Gasteiger partial charge on any atom is -0.463 e. The lowest BCUT2D eigenvalue weighted by atomic mass is 9.96. The fourth-order valence-corrected chi connectivity index (χ4v) is 2.95. The van der Waals surface area contributed by atoms with E-state index in [1.165, 1.54) is 0 Å². The Kier molecular flexibility index (Phi) is 5.19. The van der Waals surface area contributed by atoms with Gasteiger partial charge >= 0.3 is 12.0 Å². The number of urea groups is 1. The maximum atomic E-state index is 12.0. The Balaban J connectivity index is 2.11. The summed E-state index contributed by atoms with van der Waals surface area (Å²) in [6, 6.07) is -0.148. The molecule has 1 saturated heterocycles. The van der Waals surface area contributed by atoms with Crippen molar-refractivity contribution in [1.29, 1.82) is 0 Å². The van der Waals surface area contributed by atoms with Gasteiger partial charge in [0.15, 0.2) is 0 Å². The molecule has 2 amide bonds. The number of ether oxygens (including phenoxy) is 1. The van der Waals surface area contributed by atoms with Crippen LogP contribution in [0, 0.1) is 5.92 Å². The van der Waals surface area contributed by atoms with Crippen LogP contribution in [0.15, 0.2) is 11.3 Å². The summed E-state index contributed by atoms with van der Waals surface area (Å²) in [5.74, 6) is 0.132. The molecular formula is C14H24N4O3. The van der Waals surface area contributed by atoms with E-state index in [1.807, 2.05) is 0 Å². The third-order valence-corrected chi connectivity index (χ3v) is 3.73. The van der Waals surface area contributed by atoms with Crippen LogP contribution in [0.25, 0.3) is 0 Å². The Morgan fingerprint density at radius 2 is 2.24 bits per heavy atom. The molecule has 0 aromatic heterocycles. The number of nitrogens with one attached hydrogen (secondary N) is 2. The number of carbonyl (C=O) groups excluding carboxylic acids is 2. The summed E-state index contributed by atoms with van der Waals surface area (Å²) in [5.41, 5.74) is 7.15. The van der Waals surface area contributed by atoms with E-state index in [0.29, 0.717) is 30.3 Å². The molecule has 0 aromatic rings. The van der Waals surface area contributed by atoms with E-state index in [2.05, 4.69) is 22.5 Å². The molecule has 0 saturated carbocycles. The van der Waals surface area contributed by atoms with Gasteiger partial charge in [-0.2, -0.15) is 0 Å². The third-order valence-electron chi connectivity index (χ3n) is 3.73. The van der Waals surface area contributed by atoms with Crippen molar-refractivity contribution >= 4 is 12.0 Å². The molecule has 0 aromatic carbocycles. The summed E-state index contributed by atoms with van der Waals surface area (Å²) >= 11 is 0. The number of nitrogens with zero attached hydrogens (tertiary/aromatic N) is 1. The van der Waals surface area contributed by atoms with Crippen molar-refractivity contribution in [1.82, 2.24) is 15.5 Å². The van der Waals surface area contributed by atoms with Gasteiger partial charge in [0.2, 0.25) is 0 Å². The fraction of sp³-hybridized carbons (Fsp3) is 0.714. The van der Waals surface area contributed by atoms with Crippen LogP contribution < -0.4 is 16.4 Å². The highest BCUT2D eigenvalue weighted by Crippen LogP contribution is 2.17. The number of rotatable bonds is 4. The van der Waals surface area contributed by atoms with Crippen molar-refractivity contribution in [3.05, 3.63) is 11.3 Å². The number of likely N-dealkylation sites (tertiary alicyclic amines) is 1. The van der Waals surface area contributed by atoms with E-state index in [1.54, 1.807) is 6.92 Å². The highest BCUT2D eigenvalue weighted by atomic mass is 16.5. The molecule has 2 heterocycles. The first-order valence-corrected chi connectivity index (χ1v) is 7.41. The first kappa shape index (κ1) is 15.8. The maximum Gasteiger partial charge on any atom is 0.337 e. The number of amides is 2. The molecule has 0 bridgehead atoms. The van der Waals surface area contributed by atoms with E-state index in [-0.39, 0.29) is 24.6 Å². The monoisotopic (exact) mass is 296 g/mol. The van der Waals surface area contributed by atoms with Crippen LogP contribution in [0.5, 0.6) is 0 Å². The topological polar surface area (TPSA) is 96.7 Å². The molecule has 2 atom stereocenters. The Morgan fingerprint density at radius 1 is 1.48 bits per heavy atom. The molecule has 7 nitrogen and oxygen atoms in total. The smallest absolute Gasteiger partial charge is 0.337 e. The largest absolute Gasteiger partial charge is 0.463 e. The average molecular weight is 296 g/mol. The first-order valence-electron chi connectivity index (χ1n) is 7.41. The molecule has 0 aliphatic carbocycles. The van der Waals surface area contributed by atoms with Crippen LogP contribution in [-0.4, -0.2) is 55.7 Å². The molecule has 2 rings (SSSR count). The molecule has 7 heteroatoms. The van der Waals surface area contributed by atoms with Gasteiger partial charge in [-0.15, -0.1) is 0 Å². The molecule has 21 heavy (non-hydrogen) atoms. The number of esters is 1. The standard InChI is InChI=1S/C14H24N4O3/c1-3-21-13(19)11-5-16-14(20)17-12(11)8-18-6-9(2)4-10(15)7-18/h9-10H,3-8,15H2,1-2H3,(H2,16,17,20). The van der Waals surface area contributed by atoms with Crippen LogP contribution in [0.1, 0.15) is 20.3 Å². The number of hydrogen-bond acceptors (Lipinski definition) is 5. The first-order chi connectivity index (χ1) is 9.99. The zero-order chi connectivity index (χ0) is 15.4. The van der Waals surface area contributed by atoms with Crippen molar-refractivity contribution in [2.24, 2.45) is 11.7 Å². The van der Waals surface area contributed by atoms with Crippen LogP contribution in [0.3, 0.4) is 0 Å². The van der Waals surface area contributed by atoms with Gasteiger partial charge in [0.05, 0.1) is 18.7 Å². The molecule has 2 unspecified atom stereocenters. The molecule has 0 spiro atoms. The van der Waals surface area contributed by atoms with Crippen molar-refractivity contribution in [3.63, 3.8) is 0 Å². The summed E-state index contributed by atoms with van der Waals surface area (Å²) in [4.78, 5) is 25.7. The van der Waals surface area contributed by atoms with E-state index >= 15 is 0 Å². The van der Waals surface area contributed by atoms with Crippen molar-refractivity contribution in [2.75, 3.05) is 32.8 Å². The van der Waals surface area contributed by atoms with Crippen molar-refractivity contribution in [2.45, 2.75) is 26.3 Å². The van der Waals surface area contributed by atoms with E-state index in [9.17, 15) is 9.59 Å². The van der Waals surface area contributed by atoms with E-state index < -0.39 is 0 Å². The normalized spacial score (nSPS) is 27.1. The molecular weight excluding hydrogens is 272 g/mol. The lowest BCUT2D eigenvalue weighted by Gasteiger charge is -2.36. The molecule has 2 aliphatic heterocycles. The highest BCUT2D eigenvalue weighted by Gasteiger charge is 2.28. The van der Waals surface area contributed by atoms with E-state index in [4.69, 9.17) is 10.5 Å². The second-order valence-electron chi connectivity index (χ2n) is 5.78. The van der Waals surface area contributed by atoms with Crippen LogP contribution in [-0.2, 0) is 9.53 Å². The number of nitrogens with two attached hydrogens (primary N) is 1. The Labute approximate surface area is 124 Å². The predicted molar refractivity (Wildman–Crippen MR) is 78.4 cm³/mol. The Morgan fingerprint density at radius 3 is 2.90 bits per heavy atom. The van der Waals surface area contributed by atoms with Crippen molar-refractivity contribution in [3.8, 4) is 0 Å².